The summed E-state index contributed by atoms with van der Waals surface area (Å²) in [4.78, 5) is 15.1. The number of nitrogens with two attached hydrogens (primary N) is 1. The van der Waals surface area contributed by atoms with Gasteiger partial charge in [0.15, 0.2) is 0 Å². The van der Waals surface area contributed by atoms with Crippen LogP contribution in [0.5, 0.6) is 5.75 Å². The van der Waals surface area contributed by atoms with E-state index in [1.807, 2.05) is 0 Å². The quantitative estimate of drug-likeness (QED) is 0.480. The number of carbonyl (C=O) groups is 1. The SMILES string of the molecule is Nc1nccc(OC(=O)CS)c1C1CC1.[KH]. The zero-order chi connectivity index (χ0) is 10.8. The van der Waals surface area contributed by atoms with E-state index in [9.17, 15) is 4.79 Å². The van der Waals surface area contributed by atoms with Crippen LogP contribution in [0.4, 0.5) is 5.82 Å². The average molecular weight is 264 g/mol. The van der Waals surface area contributed by atoms with Gasteiger partial charge in [-0.05, 0) is 24.8 Å². The van der Waals surface area contributed by atoms with Crippen LogP contribution in [0.25, 0.3) is 0 Å². The standard InChI is InChI=1S/C10H12N2O2S.K.H/c11-10-9(6-1-2-6)7(3-4-12-10)14-8(13)5-15;;/h3-4,6,15H,1-2,5H2,(H2,11,12);;. The van der Waals surface area contributed by atoms with Crippen LogP contribution in [0, 0.1) is 0 Å². The van der Waals surface area contributed by atoms with Gasteiger partial charge < -0.3 is 10.5 Å². The summed E-state index contributed by atoms with van der Waals surface area (Å²) in [7, 11) is 0. The van der Waals surface area contributed by atoms with Gasteiger partial charge in [0.1, 0.15) is 11.6 Å². The van der Waals surface area contributed by atoms with Gasteiger partial charge in [-0.1, -0.05) is 0 Å². The zero-order valence-corrected chi connectivity index (χ0v) is 9.04. The second-order valence-electron chi connectivity index (χ2n) is 3.51. The van der Waals surface area contributed by atoms with E-state index in [1.54, 1.807) is 12.3 Å². The number of ether oxygens (including phenoxy) is 1. The fourth-order valence-corrected chi connectivity index (χ4v) is 1.56. The first-order valence-electron chi connectivity index (χ1n) is 4.78. The van der Waals surface area contributed by atoms with Crippen LogP contribution in [0.2, 0.25) is 0 Å². The molecule has 0 saturated heterocycles. The van der Waals surface area contributed by atoms with Crippen LogP contribution >= 0.6 is 12.6 Å². The van der Waals surface area contributed by atoms with Gasteiger partial charge in [0.2, 0.25) is 0 Å². The summed E-state index contributed by atoms with van der Waals surface area (Å²) in [6.07, 6.45) is 3.71. The number of aromatic nitrogens is 1. The topological polar surface area (TPSA) is 65.2 Å². The molecule has 0 unspecified atom stereocenters. The maximum absolute atomic E-state index is 11.1. The Bertz CT molecular complexity index is 396. The first kappa shape index (κ1) is 14.5. The molecule has 16 heavy (non-hydrogen) atoms. The molecule has 1 heterocycles. The van der Waals surface area contributed by atoms with E-state index in [1.165, 1.54) is 0 Å². The molecule has 0 aromatic carbocycles. The molecule has 0 radical (unpaired) electrons. The Balaban J connectivity index is 0.00000128. The fraction of sp³-hybridized carbons (Fsp3) is 0.400. The van der Waals surface area contributed by atoms with Crippen LogP contribution in [0.3, 0.4) is 0 Å². The number of hydrogen-bond acceptors (Lipinski definition) is 5. The van der Waals surface area contributed by atoms with Gasteiger partial charge in [-0.15, -0.1) is 0 Å². The second kappa shape index (κ2) is 6.37. The molecule has 2 rings (SSSR count). The molecule has 4 nitrogen and oxygen atoms in total. The molecule has 1 fully saturated rings. The van der Waals surface area contributed by atoms with Crippen molar-refractivity contribution in [2.45, 2.75) is 18.8 Å². The molecule has 0 spiro atoms. The van der Waals surface area contributed by atoms with E-state index in [0.29, 0.717) is 17.5 Å². The predicted octanol–water partition coefficient (Wildman–Crippen LogP) is 0.728. The summed E-state index contributed by atoms with van der Waals surface area (Å²) < 4.78 is 5.14. The maximum atomic E-state index is 11.1. The van der Waals surface area contributed by atoms with E-state index in [-0.39, 0.29) is 63.1 Å². The Labute approximate surface area is 142 Å². The van der Waals surface area contributed by atoms with Gasteiger partial charge in [0.05, 0.1) is 5.75 Å². The molecular weight excluding hydrogens is 251 g/mol. The normalized spacial score (nSPS) is 14.1. The molecule has 0 amide bonds. The van der Waals surface area contributed by atoms with E-state index in [0.717, 1.165) is 18.4 Å². The van der Waals surface area contributed by atoms with Crippen LogP contribution in [0.1, 0.15) is 24.3 Å². The zero-order valence-electron chi connectivity index (χ0n) is 8.14. The molecule has 6 heteroatoms. The molecule has 1 aromatic heterocycles. The van der Waals surface area contributed by atoms with Gasteiger partial charge in [0, 0.05) is 11.8 Å². The first-order chi connectivity index (χ1) is 7.22. The van der Waals surface area contributed by atoms with Crippen LogP contribution in [-0.4, -0.2) is 68.1 Å². The van der Waals surface area contributed by atoms with Crippen LogP contribution < -0.4 is 10.5 Å². The molecule has 1 aliphatic rings. The van der Waals surface area contributed by atoms with Crippen molar-refractivity contribution in [3.63, 3.8) is 0 Å². The minimum atomic E-state index is -0.370. The van der Waals surface area contributed by atoms with Crippen molar-refractivity contribution in [3.05, 3.63) is 17.8 Å². The van der Waals surface area contributed by atoms with E-state index in [4.69, 9.17) is 10.5 Å². The van der Waals surface area contributed by atoms with Crippen molar-refractivity contribution in [2.24, 2.45) is 0 Å². The number of anilines is 1. The molecular formula is C10H13KN2O2S. The number of thiol groups is 1. The third-order valence-corrected chi connectivity index (χ3v) is 2.58. The van der Waals surface area contributed by atoms with Crippen LogP contribution in [0.15, 0.2) is 12.3 Å². The first-order valence-corrected chi connectivity index (χ1v) is 5.41. The number of carbonyl (C=O) groups excluding carboxylic acids is 1. The molecule has 0 bridgehead atoms. The summed E-state index contributed by atoms with van der Waals surface area (Å²) in [5.41, 5.74) is 6.63. The van der Waals surface area contributed by atoms with Crippen molar-refractivity contribution in [1.29, 1.82) is 0 Å². The number of hydrogen-bond donors (Lipinski definition) is 2. The molecule has 1 aliphatic carbocycles. The van der Waals surface area contributed by atoms with Gasteiger partial charge in [-0.2, -0.15) is 12.6 Å². The number of pyridine rings is 1. The van der Waals surface area contributed by atoms with Crippen molar-refractivity contribution in [3.8, 4) is 5.75 Å². The monoisotopic (exact) mass is 264 g/mol. The van der Waals surface area contributed by atoms with E-state index < -0.39 is 0 Å². The molecule has 2 N–H and O–H groups in total. The summed E-state index contributed by atoms with van der Waals surface area (Å²) in [5.74, 6) is 1.09. The Morgan fingerprint density at radius 1 is 1.62 bits per heavy atom. The van der Waals surface area contributed by atoms with Crippen molar-refractivity contribution >= 4 is 75.8 Å². The van der Waals surface area contributed by atoms with Crippen molar-refractivity contribution in [2.75, 3.05) is 11.5 Å². The number of rotatable bonds is 3. The molecule has 0 aliphatic heterocycles. The van der Waals surface area contributed by atoms with Crippen molar-refractivity contribution < 1.29 is 9.53 Å². The van der Waals surface area contributed by atoms with Gasteiger partial charge in [-0.25, -0.2) is 4.98 Å². The van der Waals surface area contributed by atoms with Gasteiger partial charge in [0.25, 0.3) is 0 Å². The Morgan fingerprint density at radius 3 is 2.88 bits per heavy atom. The minimum absolute atomic E-state index is 0. The predicted molar refractivity (Wildman–Crippen MR) is 67.3 cm³/mol. The Kier molecular flexibility index (Phi) is 5.76. The molecule has 1 aromatic rings. The molecule has 0 atom stereocenters. The van der Waals surface area contributed by atoms with E-state index >= 15 is 0 Å². The summed E-state index contributed by atoms with van der Waals surface area (Å²) in [6.45, 7) is 0. The third-order valence-electron chi connectivity index (χ3n) is 2.32. The number of esters is 1. The summed E-state index contributed by atoms with van der Waals surface area (Å²) in [5, 5.41) is 0. The van der Waals surface area contributed by atoms with Crippen molar-refractivity contribution in [1.82, 2.24) is 4.98 Å². The van der Waals surface area contributed by atoms with E-state index in [2.05, 4.69) is 17.6 Å². The molecule has 1 saturated carbocycles. The second-order valence-corrected chi connectivity index (χ2v) is 3.83. The summed E-state index contributed by atoms with van der Waals surface area (Å²) in [6, 6.07) is 1.67. The Hall–Kier alpha value is 0.406. The Morgan fingerprint density at radius 2 is 2.31 bits per heavy atom. The number of nitrogen functional groups attached to an aromatic ring is 1. The number of nitrogens with zero attached hydrogens (tertiary/aromatic N) is 1. The van der Waals surface area contributed by atoms with Crippen LogP contribution in [-0.2, 0) is 4.79 Å². The fourth-order valence-electron chi connectivity index (χ4n) is 1.50. The molecule has 82 valence electrons. The summed E-state index contributed by atoms with van der Waals surface area (Å²) >= 11 is 3.85. The average Bonchev–Trinajstić information content (AvgIpc) is 3.01. The van der Waals surface area contributed by atoms with Gasteiger partial charge in [-0.3, -0.25) is 4.79 Å². The third kappa shape index (κ3) is 3.45. The van der Waals surface area contributed by atoms with Gasteiger partial charge >= 0.3 is 57.4 Å².